The van der Waals surface area contributed by atoms with E-state index in [1.165, 1.54) is 43.5 Å². The molecule has 1 saturated heterocycles. The Morgan fingerprint density at radius 2 is 1.71 bits per heavy atom. The number of piperidine rings is 1. The van der Waals surface area contributed by atoms with Crippen LogP contribution in [0.1, 0.15) is 50.8 Å². The molecule has 0 bridgehead atoms. The standard InChI is InChI=1S/C19H32N2/c1-15(2)13-17-5-7-19(8-6-17)16(3)20-14-18-9-11-21(4)12-10-18/h5-8,15-16,18,20H,9-14H2,1-4H3. The third-order valence-electron chi connectivity index (χ3n) is 4.67. The molecule has 1 heterocycles. The van der Waals surface area contributed by atoms with E-state index in [1.54, 1.807) is 0 Å². The molecule has 2 nitrogen and oxygen atoms in total. The fourth-order valence-corrected chi connectivity index (χ4v) is 3.14. The lowest BCUT2D eigenvalue weighted by atomic mass is 9.96. The Hall–Kier alpha value is -0.860. The van der Waals surface area contributed by atoms with Crippen LogP contribution in [0, 0.1) is 11.8 Å². The average Bonchev–Trinajstić information content (AvgIpc) is 2.46. The van der Waals surface area contributed by atoms with Crippen molar-refractivity contribution in [2.75, 3.05) is 26.7 Å². The summed E-state index contributed by atoms with van der Waals surface area (Å²) in [7, 11) is 2.23. The van der Waals surface area contributed by atoms with Crippen LogP contribution < -0.4 is 5.32 Å². The Bertz CT molecular complexity index is 402. The summed E-state index contributed by atoms with van der Waals surface area (Å²) in [5.74, 6) is 1.58. The molecule has 2 rings (SSSR count). The van der Waals surface area contributed by atoms with Gasteiger partial charge in [0.1, 0.15) is 0 Å². The van der Waals surface area contributed by atoms with E-state index < -0.39 is 0 Å². The van der Waals surface area contributed by atoms with Gasteiger partial charge in [0.05, 0.1) is 0 Å². The Morgan fingerprint density at radius 3 is 2.29 bits per heavy atom. The van der Waals surface area contributed by atoms with Gasteiger partial charge in [0, 0.05) is 6.04 Å². The predicted molar refractivity (Wildman–Crippen MR) is 91.6 cm³/mol. The van der Waals surface area contributed by atoms with Crippen molar-refractivity contribution in [1.29, 1.82) is 0 Å². The zero-order valence-corrected chi connectivity index (χ0v) is 14.2. The maximum absolute atomic E-state index is 3.73. The van der Waals surface area contributed by atoms with E-state index >= 15 is 0 Å². The maximum atomic E-state index is 3.73. The van der Waals surface area contributed by atoms with Gasteiger partial charge in [0.25, 0.3) is 0 Å². The van der Waals surface area contributed by atoms with Gasteiger partial charge >= 0.3 is 0 Å². The molecular weight excluding hydrogens is 256 g/mol. The molecule has 118 valence electrons. The Morgan fingerprint density at radius 1 is 1.10 bits per heavy atom. The Kier molecular flexibility index (Phi) is 6.25. The van der Waals surface area contributed by atoms with Crippen LogP contribution in [0.5, 0.6) is 0 Å². The minimum atomic E-state index is 0.456. The van der Waals surface area contributed by atoms with Crippen LogP contribution in [0.2, 0.25) is 0 Å². The zero-order valence-electron chi connectivity index (χ0n) is 14.2. The van der Waals surface area contributed by atoms with Gasteiger partial charge in [-0.25, -0.2) is 0 Å². The minimum Gasteiger partial charge on any atom is -0.310 e. The van der Waals surface area contributed by atoms with Crippen molar-refractivity contribution in [3.05, 3.63) is 35.4 Å². The number of hydrogen-bond donors (Lipinski definition) is 1. The van der Waals surface area contributed by atoms with Gasteiger partial charge in [-0.15, -0.1) is 0 Å². The second-order valence-corrected chi connectivity index (χ2v) is 7.22. The van der Waals surface area contributed by atoms with Gasteiger partial charge in [-0.1, -0.05) is 38.1 Å². The highest BCUT2D eigenvalue weighted by atomic mass is 15.1. The largest absolute Gasteiger partial charge is 0.310 e. The van der Waals surface area contributed by atoms with Gasteiger partial charge in [0.15, 0.2) is 0 Å². The van der Waals surface area contributed by atoms with Gasteiger partial charge in [-0.05, 0) is 75.8 Å². The molecule has 0 aliphatic carbocycles. The fourth-order valence-electron chi connectivity index (χ4n) is 3.14. The normalized spacial score (nSPS) is 19.1. The van der Waals surface area contributed by atoms with E-state index in [0.717, 1.165) is 18.4 Å². The summed E-state index contributed by atoms with van der Waals surface area (Å²) in [4.78, 5) is 2.44. The molecule has 1 aliphatic heterocycles. The first kappa shape index (κ1) is 16.5. The van der Waals surface area contributed by atoms with Crippen LogP contribution in [0.25, 0.3) is 0 Å². The van der Waals surface area contributed by atoms with Gasteiger partial charge in [0.2, 0.25) is 0 Å². The third kappa shape index (κ3) is 5.44. The Balaban J connectivity index is 1.78. The smallest absolute Gasteiger partial charge is 0.0291 e. The lowest BCUT2D eigenvalue weighted by Crippen LogP contribution is -2.35. The van der Waals surface area contributed by atoms with Crippen LogP contribution in [0.3, 0.4) is 0 Å². The molecule has 2 heteroatoms. The monoisotopic (exact) mass is 288 g/mol. The lowest BCUT2D eigenvalue weighted by molar-refractivity contribution is 0.213. The van der Waals surface area contributed by atoms with Crippen LogP contribution in [0.15, 0.2) is 24.3 Å². The van der Waals surface area contributed by atoms with E-state index in [0.29, 0.717) is 6.04 Å². The van der Waals surface area contributed by atoms with Crippen molar-refractivity contribution in [1.82, 2.24) is 10.2 Å². The number of benzene rings is 1. The second-order valence-electron chi connectivity index (χ2n) is 7.22. The SMILES string of the molecule is CC(C)Cc1ccc(C(C)NCC2CCN(C)CC2)cc1. The number of nitrogens with one attached hydrogen (secondary N) is 1. The third-order valence-corrected chi connectivity index (χ3v) is 4.67. The number of hydrogen-bond acceptors (Lipinski definition) is 2. The first-order valence-corrected chi connectivity index (χ1v) is 8.55. The molecule has 0 saturated carbocycles. The predicted octanol–water partition coefficient (Wildman–Crippen LogP) is 3.88. The highest BCUT2D eigenvalue weighted by Crippen LogP contribution is 2.19. The molecule has 1 atom stereocenters. The minimum absolute atomic E-state index is 0.456. The molecule has 1 aromatic rings. The quantitative estimate of drug-likeness (QED) is 0.854. The molecule has 0 aromatic heterocycles. The molecule has 0 spiro atoms. The summed E-state index contributed by atoms with van der Waals surface area (Å²) in [6.45, 7) is 10.5. The first-order chi connectivity index (χ1) is 10.0. The summed E-state index contributed by atoms with van der Waals surface area (Å²) < 4.78 is 0. The summed E-state index contributed by atoms with van der Waals surface area (Å²) in [6, 6.07) is 9.64. The van der Waals surface area contributed by atoms with Crippen molar-refractivity contribution in [3.8, 4) is 0 Å². The summed E-state index contributed by atoms with van der Waals surface area (Å²) in [5, 5.41) is 3.73. The highest BCUT2D eigenvalue weighted by Gasteiger charge is 2.17. The fraction of sp³-hybridized carbons (Fsp3) is 0.684. The van der Waals surface area contributed by atoms with Gasteiger partial charge < -0.3 is 10.2 Å². The average molecular weight is 288 g/mol. The Labute approximate surface area is 130 Å². The van der Waals surface area contributed by atoms with E-state index in [1.807, 2.05) is 0 Å². The van der Waals surface area contributed by atoms with Crippen molar-refractivity contribution < 1.29 is 0 Å². The highest BCUT2D eigenvalue weighted by molar-refractivity contribution is 5.25. The number of nitrogens with zero attached hydrogens (tertiary/aromatic N) is 1. The van der Waals surface area contributed by atoms with E-state index in [-0.39, 0.29) is 0 Å². The van der Waals surface area contributed by atoms with E-state index in [2.05, 4.69) is 62.3 Å². The van der Waals surface area contributed by atoms with Crippen LogP contribution >= 0.6 is 0 Å². The van der Waals surface area contributed by atoms with Crippen LogP contribution in [-0.4, -0.2) is 31.6 Å². The van der Waals surface area contributed by atoms with Crippen LogP contribution in [0.4, 0.5) is 0 Å². The molecule has 0 amide bonds. The van der Waals surface area contributed by atoms with Gasteiger partial charge in [-0.2, -0.15) is 0 Å². The molecule has 1 N–H and O–H groups in total. The first-order valence-electron chi connectivity index (χ1n) is 8.55. The molecule has 1 unspecified atom stereocenters. The topological polar surface area (TPSA) is 15.3 Å². The van der Waals surface area contributed by atoms with Crippen LogP contribution in [-0.2, 0) is 6.42 Å². The molecular formula is C19H32N2. The van der Waals surface area contributed by atoms with E-state index in [4.69, 9.17) is 0 Å². The molecule has 1 aromatic carbocycles. The molecule has 0 radical (unpaired) electrons. The molecule has 1 aliphatic rings. The summed E-state index contributed by atoms with van der Waals surface area (Å²) >= 11 is 0. The van der Waals surface area contributed by atoms with Crippen molar-refractivity contribution in [3.63, 3.8) is 0 Å². The van der Waals surface area contributed by atoms with Crippen molar-refractivity contribution in [2.24, 2.45) is 11.8 Å². The van der Waals surface area contributed by atoms with Gasteiger partial charge in [-0.3, -0.25) is 0 Å². The van der Waals surface area contributed by atoms with Crippen molar-refractivity contribution >= 4 is 0 Å². The lowest BCUT2D eigenvalue weighted by Gasteiger charge is -2.30. The number of likely N-dealkylation sites (tertiary alicyclic amines) is 1. The second kappa shape index (κ2) is 7.95. The molecule has 21 heavy (non-hydrogen) atoms. The summed E-state index contributed by atoms with van der Waals surface area (Å²) in [6.07, 6.45) is 3.85. The maximum Gasteiger partial charge on any atom is 0.0291 e. The number of rotatable bonds is 6. The van der Waals surface area contributed by atoms with Crippen molar-refractivity contribution in [2.45, 2.75) is 46.1 Å². The summed E-state index contributed by atoms with van der Waals surface area (Å²) in [5.41, 5.74) is 2.87. The molecule has 1 fully saturated rings. The zero-order chi connectivity index (χ0) is 15.2. The van der Waals surface area contributed by atoms with E-state index in [9.17, 15) is 0 Å².